The van der Waals surface area contributed by atoms with Gasteiger partial charge in [0.25, 0.3) is 11.6 Å². The number of alkyl halides is 3. The van der Waals surface area contributed by atoms with Gasteiger partial charge in [0.05, 0.1) is 10.6 Å². The van der Waals surface area contributed by atoms with Gasteiger partial charge in [0.2, 0.25) is 0 Å². The van der Waals surface area contributed by atoms with Crippen LogP contribution in [-0.2, 0) is 4.79 Å². The van der Waals surface area contributed by atoms with Gasteiger partial charge in [-0.1, -0.05) is 12.1 Å². The molecule has 2 amide bonds. The number of hydrogen-bond acceptors (Lipinski definition) is 5. The van der Waals surface area contributed by atoms with Crippen molar-refractivity contribution in [3.05, 3.63) is 69.3 Å². The summed E-state index contributed by atoms with van der Waals surface area (Å²) < 4.78 is 36.7. The Morgan fingerprint density at radius 2 is 1.66 bits per heavy atom. The molecule has 152 valence electrons. The second-order valence-corrected chi connectivity index (χ2v) is 5.93. The average Bonchev–Trinajstić information content (AvgIpc) is 2.65. The molecule has 0 aliphatic heterocycles. The summed E-state index contributed by atoms with van der Waals surface area (Å²) in [6.07, 6.45) is -4.99. The van der Waals surface area contributed by atoms with Crippen molar-refractivity contribution in [2.45, 2.75) is 20.0 Å². The summed E-state index contributed by atoms with van der Waals surface area (Å²) in [5, 5.41) is 16.4. The molecule has 0 radical (unpaired) electrons. The fraction of sp³-hybridized carbons (Fsp3) is 0.167. The topological polar surface area (TPSA) is 114 Å². The zero-order valence-corrected chi connectivity index (χ0v) is 15.2. The van der Waals surface area contributed by atoms with E-state index in [1.165, 1.54) is 49.4 Å². The fourth-order valence-corrected chi connectivity index (χ4v) is 2.26. The van der Waals surface area contributed by atoms with Crippen molar-refractivity contribution >= 4 is 28.9 Å². The Labute approximate surface area is 162 Å². The van der Waals surface area contributed by atoms with Gasteiger partial charge in [-0.25, -0.2) is 5.43 Å². The molecule has 29 heavy (non-hydrogen) atoms. The van der Waals surface area contributed by atoms with E-state index in [4.69, 9.17) is 0 Å². The van der Waals surface area contributed by atoms with Crippen LogP contribution in [0.3, 0.4) is 0 Å². The van der Waals surface area contributed by atoms with Gasteiger partial charge in [-0.15, -0.1) is 0 Å². The molecule has 2 aromatic rings. The highest BCUT2D eigenvalue weighted by Gasteiger charge is 2.38. The monoisotopic (exact) mass is 408 g/mol. The molecule has 2 rings (SSSR count). The number of benzene rings is 2. The first-order chi connectivity index (χ1) is 13.5. The lowest BCUT2D eigenvalue weighted by Gasteiger charge is -2.09. The van der Waals surface area contributed by atoms with E-state index < -0.39 is 22.9 Å². The van der Waals surface area contributed by atoms with Gasteiger partial charge in [0.1, 0.15) is 0 Å². The number of hydrazone groups is 1. The molecule has 0 atom stereocenters. The number of nitrogens with one attached hydrogen (secondary N) is 2. The highest BCUT2D eigenvalue weighted by Crippen LogP contribution is 2.20. The van der Waals surface area contributed by atoms with Crippen LogP contribution >= 0.6 is 0 Å². The van der Waals surface area contributed by atoms with Crippen molar-refractivity contribution in [2.75, 3.05) is 5.32 Å². The Morgan fingerprint density at radius 3 is 2.17 bits per heavy atom. The summed E-state index contributed by atoms with van der Waals surface area (Å²) in [5.74, 6) is -2.67. The SMILES string of the molecule is C/C(=N/NC(=O)c1ccc([N+](=O)[O-])c(C)c1)c1ccc(NC(=O)C(F)(F)F)cc1. The van der Waals surface area contributed by atoms with Crippen LogP contribution in [0.4, 0.5) is 24.5 Å². The molecule has 0 spiro atoms. The Bertz CT molecular complexity index is 986. The van der Waals surface area contributed by atoms with E-state index in [0.717, 1.165) is 0 Å². The molecule has 0 heterocycles. The summed E-state index contributed by atoms with van der Waals surface area (Å²) in [7, 11) is 0. The maximum absolute atomic E-state index is 12.2. The summed E-state index contributed by atoms with van der Waals surface area (Å²) in [6.45, 7) is 3.06. The predicted molar refractivity (Wildman–Crippen MR) is 98.6 cm³/mol. The number of amides is 2. The third-order valence-corrected chi connectivity index (χ3v) is 3.80. The van der Waals surface area contributed by atoms with E-state index in [1.807, 2.05) is 0 Å². The fourth-order valence-electron chi connectivity index (χ4n) is 2.26. The Balaban J connectivity index is 2.06. The lowest BCUT2D eigenvalue weighted by molar-refractivity contribution is -0.385. The molecule has 11 heteroatoms. The predicted octanol–water partition coefficient (Wildman–Crippen LogP) is 3.56. The molecule has 0 saturated carbocycles. The Kier molecular flexibility index (Phi) is 6.32. The molecule has 0 aliphatic carbocycles. The number of nitro groups is 1. The van der Waals surface area contributed by atoms with Crippen LogP contribution in [-0.4, -0.2) is 28.6 Å². The largest absolute Gasteiger partial charge is 0.471 e. The molecule has 0 aromatic heterocycles. The molecule has 0 saturated heterocycles. The van der Waals surface area contributed by atoms with Crippen LogP contribution in [0, 0.1) is 17.0 Å². The van der Waals surface area contributed by atoms with Crippen molar-refractivity contribution in [3.63, 3.8) is 0 Å². The van der Waals surface area contributed by atoms with Crippen molar-refractivity contribution in [2.24, 2.45) is 5.10 Å². The minimum absolute atomic E-state index is 0.0470. The quantitative estimate of drug-likeness (QED) is 0.447. The number of hydrogen-bond donors (Lipinski definition) is 2. The molecule has 2 aromatic carbocycles. The van der Waals surface area contributed by atoms with Gasteiger partial charge in [0.15, 0.2) is 0 Å². The molecular formula is C18H15F3N4O4. The van der Waals surface area contributed by atoms with Crippen molar-refractivity contribution in [1.82, 2.24) is 5.43 Å². The summed E-state index contributed by atoms with van der Waals surface area (Å²) in [4.78, 5) is 33.3. The third-order valence-electron chi connectivity index (χ3n) is 3.80. The number of halogens is 3. The lowest BCUT2D eigenvalue weighted by atomic mass is 10.1. The van der Waals surface area contributed by atoms with E-state index >= 15 is 0 Å². The van der Waals surface area contributed by atoms with Gasteiger partial charge in [-0.2, -0.15) is 18.3 Å². The Morgan fingerprint density at radius 1 is 1.07 bits per heavy atom. The molecule has 0 fully saturated rings. The van der Waals surface area contributed by atoms with Gasteiger partial charge >= 0.3 is 12.1 Å². The van der Waals surface area contributed by atoms with E-state index in [1.54, 1.807) is 12.2 Å². The highest BCUT2D eigenvalue weighted by atomic mass is 19.4. The standard InChI is InChI=1S/C18H15F3N4O4/c1-10-9-13(5-8-15(10)25(28)29)16(26)24-23-11(2)12-3-6-14(7-4-12)22-17(27)18(19,20)21/h3-9H,1-2H3,(H,22,27)(H,24,26)/b23-11-. The first-order valence-electron chi connectivity index (χ1n) is 8.07. The minimum atomic E-state index is -4.99. The normalized spacial score (nSPS) is 11.7. The number of aryl methyl sites for hydroxylation is 1. The second-order valence-electron chi connectivity index (χ2n) is 5.93. The molecular weight excluding hydrogens is 393 g/mol. The number of nitrogens with zero attached hydrogens (tertiary/aromatic N) is 2. The zero-order valence-electron chi connectivity index (χ0n) is 15.2. The van der Waals surface area contributed by atoms with Crippen LogP contribution in [0.25, 0.3) is 0 Å². The van der Waals surface area contributed by atoms with Crippen molar-refractivity contribution < 1.29 is 27.7 Å². The number of rotatable bonds is 5. The van der Waals surface area contributed by atoms with Crippen LogP contribution in [0.1, 0.15) is 28.4 Å². The van der Waals surface area contributed by atoms with E-state index in [-0.39, 0.29) is 16.9 Å². The molecule has 0 bridgehead atoms. The maximum atomic E-state index is 12.2. The second kappa shape index (κ2) is 8.50. The lowest BCUT2D eigenvalue weighted by Crippen LogP contribution is -2.29. The van der Waals surface area contributed by atoms with Crippen molar-refractivity contribution in [1.29, 1.82) is 0 Å². The number of carbonyl (C=O) groups is 2. The molecule has 0 aliphatic rings. The van der Waals surface area contributed by atoms with Gasteiger partial charge in [-0.3, -0.25) is 19.7 Å². The van der Waals surface area contributed by atoms with Crippen LogP contribution in [0.5, 0.6) is 0 Å². The third kappa shape index (κ3) is 5.61. The van der Waals surface area contributed by atoms with Gasteiger partial charge in [0, 0.05) is 22.9 Å². The molecule has 8 nitrogen and oxygen atoms in total. The molecule has 2 N–H and O–H groups in total. The number of anilines is 1. The average molecular weight is 408 g/mol. The zero-order chi connectivity index (χ0) is 21.8. The Hall–Kier alpha value is -3.76. The smallest absolute Gasteiger partial charge is 0.318 e. The van der Waals surface area contributed by atoms with Crippen LogP contribution in [0.2, 0.25) is 0 Å². The van der Waals surface area contributed by atoms with Crippen molar-refractivity contribution in [3.8, 4) is 0 Å². The first kappa shape index (κ1) is 21.5. The minimum Gasteiger partial charge on any atom is -0.318 e. The number of nitro benzene ring substituents is 1. The summed E-state index contributed by atoms with van der Waals surface area (Å²) in [6, 6.07) is 9.24. The van der Waals surface area contributed by atoms with Gasteiger partial charge < -0.3 is 5.32 Å². The number of carbonyl (C=O) groups excluding carboxylic acids is 2. The van der Waals surface area contributed by atoms with Crippen LogP contribution in [0.15, 0.2) is 47.6 Å². The summed E-state index contributed by atoms with van der Waals surface area (Å²) >= 11 is 0. The van der Waals surface area contributed by atoms with E-state index in [9.17, 15) is 32.9 Å². The maximum Gasteiger partial charge on any atom is 0.471 e. The van der Waals surface area contributed by atoms with Crippen LogP contribution < -0.4 is 10.7 Å². The first-order valence-corrected chi connectivity index (χ1v) is 8.07. The highest BCUT2D eigenvalue weighted by molar-refractivity contribution is 6.01. The molecule has 0 unspecified atom stereocenters. The summed E-state index contributed by atoms with van der Waals surface area (Å²) in [5.41, 5.74) is 3.48. The van der Waals surface area contributed by atoms with E-state index in [0.29, 0.717) is 16.8 Å². The van der Waals surface area contributed by atoms with Gasteiger partial charge in [-0.05, 0) is 43.7 Å². The van der Waals surface area contributed by atoms with E-state index in [2.05, 4.69) is 10.5 Å².